The first-order valence-corrected chi connectivity index (χ1v) is 7.84. The zero-order valence-corrected chi connectivity index (χ0v) is 13.3. The van der Waals surface area contributed by atoms with Crippen LogP contribution in [0.4, 0.5) is 0 Å². The molecule has 104 valence electrons. The number of allylic oxidation sites excluding steroid dienone is 1. The van der Waals surface area contributed by atoms with E-state index in [-0.39, 0.29) is 6.04 Å². The molecule has 3 heteroatoms. The van der Waals surface area contributed by atoms with Crippen LogP contribution in [0.2, 0.25) is 0 Å². The van der Waals surface area contributed by atoms with Gasteiger partial charge in [-0.25, -0.2) is 0 Å². The fourth-order valence-corrected chi connectivity index (χ4v) is 2.54. The highest BCUT2D eigenvalue weighted by molar-refractivity contribution is 9.10. The quantitative estimate of drug-likeness (QED) is 0.861. The van der Waals surface area contributed by atoms with Crippen LogP contribution < -0.4 is 5.32 Å². The maximum Gasteiger partial charge on any atom is 0.113 e. The molecule has 2 rings (SSSR count). The summed E-state index contributed by atoms with van der Waals surface area (Å²) in [5, 5.41) is 3.59. The van der Waals surface area contributed by atoms with Crippen molar-refractivity contribution in [3.63, 3.8) is 0 Å². The minimum absolute atomic E-state index is 0.187. The third kappa shape index (κ3) is 3.83. The third-order valence-electron chi connectivity index (χ3n) is 3.36. The molecule has 0 bridgehead atoms. The summed E-state index contributed by atoms with van der Waals surface area (Å²) in [4.78, 5) is 0. The lowest BCUT2D eigenvalue weighted by atomic mass is 10.0. The van der Waals surface area contributed by atoms with Crippen molar-refractivity contribution in [2.75, 3.05) is 13.2 Å². The molecule has 0 aliphatic carbocycles. The highest BCUT2D eigenvalue weighted by Crippen LogP contribution is 2.28. The summed E-state index contributed by atoms with van der Waals surface area (Å²) < 4.78 is 7.01. The lowest BCUT2D eigenvalue weighted by Crippen LogP contribution is -2.26. The van der Waals surface area contributed by atoms with Crippen molar-refractivity contribution in [1.29, 1.82) is 0 Å². The predicted octanol–water partition coefficient (Wildman–Crippen LogP) is 4.49. The minimum atomic E-state index is 0.187. The van der Waals surface area contributed by atoms with E-state index in [0.717, 1.165) is 42.6 Å². The molecular weight excluding hydrogens is 302 g/mol. The molecule has 1 unspecified atom stereocenters. The van der Waals surface area contributed by atoms with Gasteiger partial charge in [0.2, 0.25) is 0 Å². The van der Waals surface area contributed by atoms with Gasteiger partial charge in [-0.1, -0.05) is 35.0 Å². The Bertz CT molecular complexity index is 456. The average Bonchev–Trinajstić information content (AvgIpc) is 2.44. The van der Waals surface area contributed by atoms with E-state index in [9.17, 15) is 0 Å². The third-order valence-corrected chi connectivity index (χ3v) is 4.25. The number of aryl methyl sites for hydroxylation is 1. The van der Waals surface area contributed by atoms with Crippen LogP contribution in [-0.4, -0.2) is 13.2 Å². The Labute approximate surface area is 124 Å². The molecule has 0 saturated heterocycles. The molecule has 19 heavy (non-hydrogen) atoms. The second kappa shape index (κ2) is 7.11. The van der Waals surface area contributed by atoms with Crippen molar-refractivity contribution in [2.24, 2.45) is 0 Å². The van der Waals surface area contributed by atoms with Crippen LogP contribution in [0, 0.1) is 6.92 Å². The first-order valence-electron chi connectivity index (χ1n) is 7.04. The molecule has 1 aromatic rings. The summed E-state index contributed by atoms with van der Waals surface area (Å²) in [6.45, 7) is 6.15. The highest BCUT2D eigenvalue weighted by Gasteiger charge is 2.19. The van der Waals surface area contributed by atoms with E-state index >= 15 is 0 Å². The van der Waals surface area contributed by atoms with Crippen molar-refractivity contribution < 1.29 is 4.74 Å². The molecule has 1 N–H and O–H groups in total. The van der Waals surface area contributed by atoms with Gasteiger partial charge in [0.15, 0.2) is 0 Å². The molecule has 0 fully saturated rings. The number of ether oxygens (including phenoxy) is 1. The number of hydrogen-bond donors (Lipinski definition) is 1. The van der Waals surface area contributed by atoms with Crippen molar-refractivity contribution in [2.45, 2.75) is 39.2 Å². The first kappa shape index (κ1) is 14.6. The van der Waals surface area contributed by atoms with Crippen molar-refractivity contribution in [3.05, 3.63) is 45.6 Å². The average molecular weight is 324 g/mol. The van der Waals surface area contributed by atoms with Crippen LogP contribution in [0.5, 0.6) is 0 Å². The van der Waals surface area contributed by atoms with Crippen molar-refractivity contribution >= 4 is 15.9 Å². The lowest BCUT2D eigenvalue weighted by molar-refractivity contribution is 0.167. The maximum atomic E-state index is 5.85. The predicted molar refractivity (Wildman–Crippen MR) is 83.2 cm³/mol. The monoisotopic (exact) mass is 323 g/mol. The van der Waals surface area contributed by atoms with Gasteiger partial charge in [0.1, 0.15) is 5.76 Å². The van der Waals surface area contributed by atoms with Crippen molar-refractivity contribution in [1.82, 2.24) is 5.32 Å². The zero-order valence-electron chi connectivity index (χ0n) is 11.7. The standard InChI is InChI=1S/C16H22BrNO/c1-3-9-18-16(15-6-4-5-10-19-15)13-7-8-14(17)12(2)11-13/h6-8,11,16,18H,3-5,9-10H2,1-2H3. The fourth-order valence-electron chi connectivity index (χ4n) is 2.30. The van der Waals surface area contributed by atoms with E-state index < -0.39 is 0 Å². The molecule has 0 radical (unpaired) electrons. The highest BCUT2D eigenvalue weighted by atomic mass is 79.9. The minimum Gasteiger partial charge on any atom is -0.496 e. The largest absolute Gasteiger partial charge is 0.496 e. The number of rotatable bonds is 5. The Kier molecular flexibility index (Phi) is 5.46. The molecule has 0 saturated carbocycles. The molecule has 1 atom stereocenters. The Balaban J connectivity index is 2.25. The van der Waals surface area contributed by atoms with Gasteiger partial charge in [0, 0.05) is 4.47 Å². The summed E-state index contributed by atoms with van der Waals surface area (Å²) in [6, 6.07) is 6.71. The van der Waals surface area contributed by atoms with Crippen LogP contribution in [-0.2, 0) is 4.74 Å². The van der Waals surface area contributed by atoms with Crippen LogP contribution in [0.3, 0.4) is 0 Å². The van der Waals surface area contributed by atoms with E-state index in [4.69, 9.17) is 4.74 Å². The van der Waals surface area contributed by atoms with E-state index in [1.807, 2.05) is 0 Å². The summed E-state index contributed by atoms with van der Waals surface area (Å²) in [7, 11) is 0. The van der Waals surface area contributed by atoms with Crippen molar-refractivity contribution in [3.8, 4) is 0 Å². The molecule has 1 aliphatic heterocycles. The number of hydrogen-bond acceptors (Lipinski definition) is 2. The van der Waals surface area contributed by atoms with Crippen LogP contribution >= 0.6 is 15.9 Å². The zero-order chi connectivity index (χ0) is 13.7. The van der Waals surface area contributed by atoms with Gasteiger partial charge in [0.05, 0.1) is 12.6 Å². The van der Waals surface area contributed by atoms with E-state index in [1.165, 1.54) is 11.1 Å². The van der Waals surface area contributed by atoms with Gasteiger partial charge >= 0.3 is 0 Å². The van der Waals surface area contributed by atoms with Crippen LogP contribution in [0.1, 0.15) is 43.4 Å². The van der Waals surface area contributed by atoms with Gasteiger partial charge in [-0.05, 0) is 56.0 Å². The second-order valence-electron chi connectivity index (χ2n) is 4.99. The van der Waals surface area contributed by atoms with Gasteiger partial charge in [-0.3, -0.25) is 0 Å². The smallest absolute Gasteiger partial charge is 0.113 e. The van der Waals surface area contributed by atoms with Gasteiger partial charge in [-0.2, -0.15) is 0 Å². The molecule has 1 heterocycles. The summed E-state index contributed by atoms with van der Waals surface area (Å²) in [5.74, 6) is 1.08. The van der Waals surface area contributed by atoms with E-state index in [0.29, 0.717) is 0 Å². The lowest BCUT2D eigenvalue weighted by Gasteiger charge is -2.25. The summed E-state index contributed by atoms with van der Waals surface area (Å²) in [5.41, 5.74) is 2.54. The van der Waals surface area contributed by atoms with Crippen LogP contribution in [0.25, 0.3) is 0 Å². The molecule has 0 spiro atoms. The molecule has 1 aliphatic rings. The van der Waals surface area contributed by atoms with Gasteiger partial charge in [0.25, 0.3) is 0 Å². The number of halogens is 1. The Morgan fingerprint density at radius 2 is 2.26 bits per heavy atom. The van der Waals surface area contributed by atoms with E-state index in [1.54, 1.807) is 0 Å². The van der Waals surface area contributed by atoms with Gasteiger partial charge in [-0.15, -0.1) is 0 Å². The SMILES string of the molecule is CCCNC(C1=CCCCO1)c1ccc(Br)c(C)c1. The summed E-state index contributed by atoms with van der Waals surface area (Å²) in [6.07, 6.45) is 5.60. The van der Waals surface area contributed by atoms with Gasteiger partial charge < -0.3 is 10.1 Å². The normalized spacial score (nSPS) is 16.7. The second-order valence-corrected chi connectivity index (χ2v) is 5.85. The molecule has 1 aromatic carbocycles. The topological polar surface area (TPSA) is 21.3 Å². The number of benzene rings is 1. The van der Waals surface area contributed by atoms with Crippen LogP contribution in [0.15, 0.2) is 34.5 Å². The maximum absolute atomic E-state index is 5.85. The summed E-state index contributed by atoms with van der Waals surface area (Å²) >= 11 is 3.56. The Morgan fingerprint density at radius 1 is 1.42 bits per heavy atom. The fraction of sp³-hybridized carbons (Fsp3) is 0.500. The molecular formula is C16H22BrNO. The number of nitrogens with one attached hydrogen (secondary N) is 1. The molecule has 2 nitrogen and oxygen atoms in total. The Hall–Kier alpha value is -0.800. The Morgan fingerprint density at radius 3 is 2.89 bits per heavy atom. The first-order chi connectivity index (χ1) is 9.22. The van der Waals surface area contributed by atoms with E-state index in [2.05, 4.69) is 59.4 Å². The molecule has 0 amide bonds. The molecule has 0 aromatic heterocycles.